The van der Waals surface area contributed by atoms with Crippen molar-refractivity contribution in [3.63, 3.8) is 0 Å². The second kappa shape index (κ2) is 9.23. The molecule has 0 radical (unpaired) electrons. The highest BCUT2D eigenvalue weighted by molar-refractivity contribution is 6.31. The van der Waals surface area contributed by atoms with E-state index in [1.165, 1.54) is 12.1 Å². The summed E-state index contributed by atoms with van der Waals surface area (Å²) in [6.45, 7) is 2.43. The largest absolute Gasteiger partial charge is 0.409 e. The monoisotopic (exact) mass is 468 g/mol. The number of nitrogens with zero attached hydrogens (tertiary/aromatic N) is 3. The summed E-state index contributed by atoms with van der Waals surface area (Å²) in [5.74, 6) is -2.95. The Bertz CT molecular complexity index is 1170. The maximum absolute atomic E-state index is 14.4. The molecule has 4 rings (SSSR count). The second-order valence-corrected chi connectivity index (χ2v) is 7.73. The molecule has 32 heavy (non-hydrogen) atoms. The van der Waals surface area contributed by atoms with Crippen molar-refractivity contribution in [2.45, 2.75) is 6.04 Å². The molecule has 0 bridgehead atoms. The van der Waals surface area contributed by atoms with Gasteiger partial charge >= 0.3 is 0 Å². The lowest BCUT2D eigenvalue weighted by Gasteiger charge is -2.32. The Morgan fingerprint density at radius 1 is 1.34 bits per heavy atom. The van der Waals surface area contributed by atoms with Gasteiger partial charge in [0.1, 0.15) is 11.3 Å². The molecule has 0 saturated carbocycles. The van der Waals surface area contributed by atoms with Crippen LogP contribution in [0.2, 0.25) is 5.02 Å². The van der Waals surface area contributed by atoms with Gasteiger partial charge in [0.15, 0.2) is 17.5 Å². The molecule has 4 N–H and O–H groups in total. The molecule has 1 aliphatic rings. The van der Waals surface area contributed by atoms with Crippen molar-refractivity contribution in [1.29, 1.82) is 0 Å². The summed E-state index contributed by atoms with van der Waals surface area (Å²) in [7, 11) is 1.97. The first-order valence-corrected chi connectivity index (χ1v) is 10.1. The molecule has 3 aromatic rings. The van der Waals surface area contributed by atoms with E-state index in [1.807, 2.05) is 7.05 Å². The third kappa shape index (κ3) is 4.45. The lowest BCUT2D eigenvalue weighted by molar-refractivity contribution is 0.0109. The van der Waals surface area contributed by atoms with Crippen molar-refractivity contribution >= 4 is 40.1 Å². The Kier molecular flexibility index (Phi) is 6.40. The van der Waals surface area contributed by atoms with Gasteiger partial charge in [-0.25, -0.2) is 18.2 Å². The average Bonchev–Trinajstić information content (AvgIpc) is 3.21. The number of hydrogen-bond donors (Lipinski definition) is 4. The Morgan fingerprint density at radius 2 is 2.16 bits per heavy atom. The number of fused-ring (bicyclic) bond motifs is 1. The molecule has 1 fully saturated rings. The summed E-state index contributed by atoms with van der Waals surface area (Å²) in [4.78, 5) is 9.14. The fourth-order valence-corrected chi connectivity index (χ4v) is 3.58. The SMILES string of the molecule is CN1CCOCC1CNc1nc2c(F)c(F)cc(/C(=N/O)Nc3ccc(F)c(Cl)c3)c2[nH]1. The zero-order chi connectivity index (χ0) is 22.8. The number of likely N-dealkylation sites (N-methyl/N-ethyl adjacent to an activating group) is 1. The zero-order valence-corrected chi connectivity index (χ0v) is 17.7. The second-order valence-electron chi connectivity index (χ2n) is 7.32. The van der Waals surface area contributed by atoms with Crippen molar-refractivity contribution in [3.8, 4) is 0 Å². The molecule has 1 aliphatic heterocycles. The number of hydrogen-bond acceptors (Lipinski definition) is 6. The normalized spacial score (nSPS) is 17.7. The molecule has 1 aromatic heterocycles. The van der Waals surface area contributed by atoms with Gasteiger partial charge in [-0.1, -0.05) is 16.8 Å². The topological polar surface area (TPSA) is 97.8 Å². The van der Waals surface area contributed by atoms with E-state index in [-0.39, 0.29) is 45.1 Å². The molecule has 12 heteroatoms. The van der Waals surface area contributed by atoms with Crippen LogP contribution in [0.1, 0.15) is 5.56 Å². The molecule has 1 saturated heterocycles. The molecule has 170 valence electrons. The first-order chi connectivity index (χ1) is 15.4. The highest BCUT2D eigenvalue weighted by atomic mass is 35.5. The molecule has 0 spiro atoms. The Hall–Kier alpha value is -3.02. The first-order valence-electron chi connectivity index (χ1n) is 9.71. The molecule has 1 unspecified atom stereocenters. The summed E-state index contributed by atoms with van der Waals surface area (Å²) in [6.07, 6.45) is 0. The van der Waals surface area contributed by atoms with Gasteiger partial charge in [0.25, 0.3) is 0 Å². The third-order valence-electron chi connectivity index (χ3n) is 5.23. The highest BCUT2D eigenvalue weighted by Crippen LogP contribution is 2.26. The third-order valence-corrected chi connectivity index (χ3v) is 5.52. The maximum Gasteiger partial charge on any atom is 0.201 e. The summed E-state index contributed by atoms with van der Waals surface area (Å²) in [6, 6.07) is 4.69. The number of aromatic amines is 1. The summed E-state index contributed by atoms with van der Waals surface area (Å²) in [5, 5.41) is 18.3. The van der Waals surface area contributed by atoms with Gasteiger partial charge in [-0.05, 0) is 31.3 Å². The van der Waals surface area contributed by atoms with Crippen molar-refractivity contribution in [2.24, 2.45) is 5.16 Å². The minimum Gasteiger partial charge on any atom is -0.409 e. The van der Waals surface area contributed by atoms with Crippen LogP contribution < -0.4 is 10.6 Å². The molecule has 0 aliphatic carbocycles. The number of ether oxygens (including phenoxy) is 1. The number of H-pyrrole nitrogens is 1. The van der Waals surface area contributed by atoms with E-state index in [0.29, 0.717) is 19.8 Å². The van der Waals surface area contributed by atoms with Crippen LogP contribution in [0.4, 0.5) is 24.8 Å². The smallest absolute Gasteiger partial charge is 0.201 e. The first kappa shape index (κ1) is 22.2. The number of oxime groups is 1. The lowest BCUT2D eigenvalue weighted by atomic mass is 10.1. The molecular weight excluding hydrogens is 449 g/mol. The van der Waals surface area contributed by atoms with E-state index in [9.17, 15) is 18.4 Å². The summed E-state index contributed by atoms with van der Waals surface area (Å²) >= 11 is 5.78. The van der Waals surface area contributed by atoms with Crippen LogP contribution in [0.15, 0.2) is 29.4 Å². The van der Waals surface area contributed by atoms with E-state index < -0.39 is 17.5 Å². The van der Waals surface area contributed by atoms with Gasteiger partial charge < -0.3 is 25.6 Å². The summed E-state index contributed by atoms with van der Waals surface area (Å²) in [5.41, 5.74) is 0.129. The Balaban J connectivity index is 1.64. The molecule has 0 amide bonds. The fraction of sp³-hybridized carbons (Fsp3) is 0.300. The minimum absolute atomic E-state index is 0.0144. The number of amidine groups is 1. The van der Waals surface area contributed by atoms with Crippen LogP contribution in [0.25, 0.3) is 11.0 Å². The van der Waals surface area contributed by atoms with E-state index >= 15 is 0 Å². The van der Waals surface area contributed by atoms with Crippen molar-refractivity contribution in [3.05, 3.63) is 52.3 Å². The quantitative estimate of drug-likeness (QED) is 0.198. The molecule has 8 nitrogen and oxygen atoms in total. The molecule has 2 aromatic carbocycles. The molecule has 2 heterocycles. The van der Waals surface area contributed by atoms with Crippen LogP contribution in [-0.4, -0.2) is 65.3 Å². The lowest BCUT2D eigenvalue weighted by Crippen LogP contribution is -2.46. The number of benzene rings is 2. The zero-order valence-electron chi connectivity index (χ0n) is 16.9. The van der Waals surface area contributed by atoms with E-state index in [2.05, 4.69) is 30.7 Å². The number of halogens is 4. The van der Waals surface area contributed by atoms with E-state index in [4.69, 9.17) is 16.3 Å². The number of rotatable bonds is 5. The standard InChI is InChI=1S/C20H20ClF3N6O2/c1-30-4-5-32-9-11(30)8-25-20-27-17-12(7-15(23)16(24)18(17)28-20)19(29-31)26-10-2-3-14(22)13(21)6-10/h2-3,6-7,11,31H,4-5,8-9H2,1H3,(H,26,29)(H2,25,27,28). The minimum atomic E-state index is -1.17. The number of aromatic nitrogens is 2. The fourth-order valence-electron chi connectivity index (χ4n) is 3.40. The number of nitrogens with one attached hydrogen (secondary N) is 3. The van der Waals surface area contributed by atoms with Gasteiger partial charge in [0.2, 0.25) is 5.95 Å². The van der Waals surface area contributed by atoms with Gasteiger partial charge in [0.05, 0.1) is 29.8 Å². The van der Waals surface area contributed by atoms with E-state index in [1.54, 1.807) is 0 Å². The van der Waals surface area contributed by atoms with E-state index in [0.717, 1.165) is 18.7 Å². The van der Waals surface area contributed by atoms with Crippen molar-refractivity contribution < 1.29 is 23.1 Å². The molecular formula is C20H20ClF3N6O2. The van der Waals surface area contributed by atoms with Crippen LogP contribution in [0, 0.1) is 17.5 Å². The van der Waals surface area contributed by atoms with Crippen LogP contribution in [0.3, 0.4) is 0 Å². The van der Waals surface area contributed by atoms with Crippen LogP contribution >= 0.6 is 11.6 Å². The number of morpholine rings is 1. The van der Waals surface area contributed by atoms with Gasteiger partial charge in [-0.2, -0.15) is 0 Å². The number of imidazole rings is 1. The summed E-state index contributed by atoms with van der Waals surface area (Å²) < 4.78 is 47.6. The Labute approximate surface area is 186 Å². The highest BCUT2D eigenvalue weighted by Gasteiger charge is 2.23. The molecule has 1 atom stereocenters. The van der Waals surface area contributed by atoms with Crippen molar-refractivity contribution in [1.82, 2.24) is 14.9 Å². The van der Waals surface area contributed by atoms with Crippen LogP contribution in [0.5, 0.6) is 0 Å². The van der Waals surface area contributed by atoms with Crippen molar-refractivity contribution in [2.75, 3.05) is 44.0 Å². The average molecular weight is 469 g/mol. The predicted molar refractivity (Wildman–Crippen MR) is 115 cm³/mol. The van der Waals surface area contributed by atoms with Gasteiger partial charge in [-0.15, -0.1) is 0 Å². The van der Waals surface area contributed by atoms with Gasteiger partial charge in [0, 0.05) is 24.3 Å². The predicted octanol–water partition coefficient (Wildman–Crippen LogP) is 3.62. The maximum atomic E-state index is 14.4. The van der Waals surface area contributed by atoms with Gasteiger partial charge in [-0.3, -0.25) is 4.90 Å². The van der Waals surface area contributed by atoms with Crippen LogP contribution in [-0.2, 0) is 4.74 Å². The number of anilines is 2. The Morgan fingerprint density at radius 3 is 2.88 bits per heavy atom.